The molecule has 0 aliphatic carbocycles. The highest BCUT2D eigenvalue weighted by Gasteiger charge is 2.15. The van der Waals surface area contributed by atoms with E-state index in [4.69, 9.17) is 15.0 Å². The Bertz CT molecular complexity index is 2230. The van der Waals surface area contributed by atoms with E-state index in [2.05, 4.69) is 114 Å². The minimum absolute atomic E-state index is 0.728. The molecule has 0 amide bonds. The molecule has 7 aromatic rings. The number of aliphatic imine (C=N–C) groups is 2. The lowest BCUT2D eigenvalue weighted by Crippen LogP contribution is -2.09. The SMILES string of the molecule is C1=C(/c2ccccc2)N=C(c2ccccc2)N=C(c2cccc(-c3ccc4c(c3)c3ccccc3c3nccnc43)c2)CC/1. The Morgan fingerprint density at radius 3 is 1.82 bits per heavy atom. The van der Waals surface area contributed by atoms with Crippen LogP contribution in [0, 0.1) is 0 Å². The predicted molar refractivity (Wildman–Crippen MR) is 183 cm³/mol. The van der Waals surface area contributed by atoms with Crippen molar-refractivity contribution in [2.24, 2.45) is 9.98 Å². The van der Waals surface area contributed by atoms with Crippen molar-refractivity contribution in [2.45, 2.75) is 12.8 Å². The molecule has 1 aromatic heterocycles. The van der Waals surface area contributed by atoms with Crippen LogP contribution in [-0.2, 0) is 0 Å². The highest BCUT2D eigenvalue weighted by Crippen LogP contribution is 2.35. The standard InChI is InChI=1S/C40H28N4/c1-3-11-27(12-4-1)36-19-10-20-37(44-40(43-36)28-13-5-2-6-14-28)31-16-9-15-29(25-31)30-21-22-34-35(26-30)32-17-7-8-18-33(32)38-39(34)42-24-23-41-38/h1-9,11-19,21-26H,10,20H2/b36-19-,43-40?,44-37?. The Balaban J connectivity index is 1.24. The van der Waals surface area contributed by atoms with Gasteiger partial charge in [0.15, 0.2) is 5.84 Å². The Labute approximate surface area is 255 Å². The summed E-state index contributed by atoms with van der Waals surface area (Å²) in [5.74, 6) is 0.728. The number of allylic oxidation sites excluding steroid dienone is 1. The molecule has 0 spiro atoms. The van der Waals surface area contributed by atoms with Gasteiger partial charge in [-0.25, -0.2) is 9.98 Å². The first kappa shape index (κ1) is 25.9. The van der Waals surface area contributed by atoms with Crippen LogP contribution in [0.2, 0.25) is 0 Å². The number of nitrogens with zero attached hydrogens (tertiary/aromatic N) is 4. The Morgan fingerprint density at radius 2 is 1.05 bits per heavy atom. The van der Waals surface area contributed by atoms with E-state index in [1.807, 2.05) is 24.3 Å². The van der Waals surface area contributed by atoms with Gasteiger partial charge in [-0.1, -0.05) is 121 Å². The summed E-state index contributed by atoms with van der Waals surface area (Å²) in [6.45, 7) is 0. The van der Waals surface area contributed by atoms with Crippen LogP contribution in [0.4, 0.5) is 0 Å². The fraction of sp³-hybridized carbons (Fsp3) is 0.0500. The predicted octanol–water partition coefficient (Wildman–Crippen LogP) is 9.67. The minimum Gasteiger partial charge on any atom is -0.252 e. The minimum atomic E-state index is 0.728. The van der Waals surface area contributed by atoms with E-state index in [1.165, 1.54) is 10.8 Å². The molecular formula is C40H28N4. The summed E-state index contributed by atoms with van der Waals surface area (Å²) in [5.41, 5.74) is 9.38. The van der Waals surface area contributed by atoms with Crippen molar-refractivity contribution in [3.8, 4) is 11.1 Å². The van der Waals surface area contributed by atoms with Gasteiger partial charge in [-0.05, 0) is 58.0 Å². The zero-order valence-corrected chi connectivity index (χ0v) is 24.1. The largest absolute Gasteiger partial charge is 0.252 e. The van der Waals surface area contributed by atoms with Gasteiger partial charge in [0.05, 0.1) is 22.4 Å². The molecule has 0 fully saturated rings. The van der Waals surface area contributed by atoms with Gasteiger partial charge in [0.25, 0.3) is 0 Å². The second-order valence-corrected chi connectivity index (χ2v) is 11.0. The van der Waals surface area contributed by atoms with Gasteiger partial charge in [0.1, 0.15) is 0 Å². The average Bonchev–Trinajstić information content (AvgIpc) is 3.09. The van der Waals surface area contributed by atoms with Crippen LogP contribution in [-0.4, -0.2) is 21.5 Å². The molecule has 1 aliphatic heterocycles. The number of benzene rings is 6. The molecule has 8 rings (SSSR count). The lowest BCUT2D eigenvalue weighted by Gasteiger charge is -2.14. The van der Waals surface area contributed by atoms with E-state index >= 15 is 0 Å². The normalized spacial score (nSPS) is 14.9. The highest BCUT2D eigenvalue weighted by molar-refractivity contribution is 6.23. The van der Waals surface area contributed by atoms with Crippen LogP contribution in [0.15, 0.2) is 156 Å². The summed E-state index contributed by atoms with van der Waals surface area (Å²) >= 11 is 0. The molecule has 1 aliphatic rings. The van der Waals surface area contributed by atoms with Crippen LogP contribution < -0.4 is 0 Å². The number of hydrogen-bond donors (Lipinski definition) is 0. The summed E-state index contributed by atoms with van der Waals surface area (Å²) < 4.78 is 0. The molecule has 0 unspecified atom stereocenters. The first-order valence-electron chi connectivity index (χ1n) is 14.9. The monoisotopic (exact) mass is 564 g/mol. The van der Waals surface area contributed by atoms with E-state index < -0.39 is 0 Å². The molecular weight excluding hydrogens is 536 g/mol. The lowest BCUT2D eigenvalue weighted by molar-refractivity contribution is 1.08. The van der Waals surface area contributed by atoms with E-state index in [0.717, 1.165) is 79.7 Å². The second-order valence-electron chi connectivity index (χ2n) is 11.0. The van der Waals surface area contributed by atoms with E-state index in [-0.39, 0.29) is 0 Å². The molecule has 0 atom stereocenters. The van der Waals surface area contributed by atoms with Crippen molar-refractivity contribution in [3.63, 3.8) is 0 Å². The first-order chi connectivity index (χ1) is 21.8. The smallest absolute Gasteiger partial charge is 0.160 e. The van der Waals surface area contributed by atoms with Crippen molar-refractivity contribution >= 4 is 49.8 Å². The maximum absolute atomic E-state index is 5.22. The molecule has 208 valence electrons. The molecule has 0 radical (unpaired) electrons. The fourth-order valence-electron chi connectivity index (χ4n) is 6.12. The zero-order valence-electron chi connectivity index (χ0n) is 24.1. The van der Waals surface area contributed by atoms with Crippen LogP contribution in [0.1, 0.15) is 29.5 Å². The van der Waals surface area contributed by atoms with Gasteiger partial charge in [0.2, 0.25) is 0 Å². The summed E-state index contributed by atoms with van der Waals surface area (Å²) in [7, 11) is 0. The van der Waals surface area contributed by atoms with Crippen LogP contribution in [0.25, 0.3) is 49.4 Å². The van der Waals surface area contributed by atoms with Crippen molar-refractivity contribution in [1.82, 2.24) is 9.97 Å². The van der Waals surface area contributed by atoms with Gasteiger partial charge in [-0.3, -0.25) is 9.97 Å². The van der Waals surface area contributed by atoms with Gasteiger partial charge >= 0.3 is 0 Å². The molecule has 0 saturated heterocycles. The van der Waals surface area contributed by atoms with E-state index in [0.29, 0.717) is 0 Å². The fourth-order valence-corrected chi connectivity index (χ4v) is 6.12. The molecule has 44 heavy (non-hydrogen) atoms. The molecule has 2 heterocycles. The summed E-state index contributed by atoms with van der Waals surface area (Å²) in [6, 6.07) is 44.5. The van der Waals surface area contributed by atoms with Crippen LogP contribution in [0.3, 0.4) is 0 Å². The number of aromatic nitrogens is 2. The summed E-state index contributed by atoms with van der Waals surface area (Å²) in [6.07, 6.45) is 7.45. The number of rotatable bonds is 4. The quantitative estimate of drug-likeness (QED) is 0.200. The van der Waals surface area contributed by atoms with Gasteiger partial charge in [-0.2, -0.15) is 0 Å². The van der Waals surface area contributed by atoms with E-state index in [9.17, 15) is 0 Å². The second kappa shape index (κ2) is 11.2. The van der Waals surface area contributed by atoms with Gasteiger partial charge in [0, 0.05) is 28.7 Å². The first-order valence-corrected chi connectivity index (χ1v) is 14.9. The van der Waals surface area contributed by atoms with Crippen LogP contribution in [0.5, 0.6) is 0 Å². The molecule has 0 saturated carbocycles. The van der Waals surface area contributed by atoms with Crippen molar-refractivity contribution in [3.05, 3.63) is 163 Å². The maximum atomic E-state index is 5.22. The summed E-state index contributed by atoms with van der Waals surface area (Å²) in [5, 5.41) is 4.59. The number of hydrogen-bond acceptors (Lipinski definition) is 4. The Hall–Kier alpha value is -5.74. The van der Waals surface area contributed by atoms with Crippen molar-refractivity contribution in [1.29, 1.82) is 0 Å². The third-order valence-electron chi connectivity index (χ3n) is 8.26. The third kappa shape index (κ3) is 4.77. The lowest BCUT2D eigenvalue weighted by atomic mass is 9.94. The molecule has 6 aromatic carbocycles. The maximum Gasteiger partial charge on any atom is 0.160 e. The van der Waals surface area contributed by atoms with E-state index in [1.54, 1.807) is 12.4 Å². The molecule has 0 N–H and O–H groups in total. The van der Waals surface area contributed by atoms with Gasteiger partial charge in [-0.15, -0.1) is 0 Å². The Morgan fingerprint density at radius 1 is 0.432 bits per heavy atom. The molecule has 0 bridgehead atoms. The summed E-state index contributed by atoms with van der Waals surface area (Å²) in [4.78, 5) is 19.7. The van der Waals surface area contributed by atoms with Crippen molar-refractivity contribution < 1.29 is 0 Å². The zero-order chi connectivity index (χ0) is 29.3. The topological polar surface area (TPSA) is 50.5 Å². The van der Waals surface area contributed by atoms with Gasteiger partial charge < -0.3 is 0 Å². The Kier molecular flexibility index (Phi) is 6.58. The number of fused-ring (bicyclic) bond motifs is 6. The van der Waals surface area contributed by atoms with Crippen LogP contribution >= 0.6 is 0 Å². The third-order valence-corrected chi connectivity index (χ3v) is 8.26. The average molecular weight is 565 g/mol. The number of amidine groups is 1. The van der Waals surface area contributed by atoms with Crippen molar-refractivity contribution in [2.75, 3.05) is 0 Å². The molecule has 4 nitrogen and oxygen atoms in total. The highest BCUT2D eigenvalue weighted by atomic mass is 14.9. The molecule has 4 heteroatoms.